The Bertz CT molecular complexity index is 1730. The highest BCUT2D eigenvalue weighted by molar-refractivity contribution is 7.89. The van der Waals surface area contributed by atoms with Crippen LogP contribution in [0.25, 0.3) is 10.8 Å². The Balaban J connectivity index is 1.34. The summed E-state index contributed by atoms with van der Waals surface area (Å²) in [5.41, 5.74) is 2.42. The average molecular weight is 627 g/mol. The van der Waals surface area contributed by atoms with Gasteiger partial charge in [0.05, 0.1) is 16.1 Å². The molecule has 0 bridgehead atoms. The molecule has 1 saturated heterocycles. The molecular formula is C36H42N4O4S. The Kier molecular flexibility index (Phi) is 10.3. The first-order valence-corrected chi connectivity index (χ1v) is 17.2. The van der Waals surface area contributed by atoms with E-state index in [1.54, 1.807) is 0 Å². The molecule has 1 aliphatic heterocycles. The minimum atomic E-state index is -3.66. The van der Waals surface area contributed by atoms with E-state index in [4.69, 9.17) is 0 Å². The Hall–Kier alpha value is -4.05. The lowest BCUT2D eigenvalue weighted by atomic mass is 10.0. The Labute approximate surface area is 266 Å². The number of fused-ring (bicyclic) bond motifs is 1. The van der Waals surface area contributed by atoms with E-state index in [1.807, 2.05) is 73.3 Å². The molecule has 5 rings (SSSR count). The molecule has 1 aliphatic rings. The molecule has 1 atom stereocenters. The Morgan fingerprint density at radius 1 is 0.800 bits per heavy atom. The van der Waals surface area contributed by atoms with Crippen LogP contribution >= 0.6 is 0 Å². The molecule has 1 heterocycles. The van der Waals surface area contributed by atoms with Gasteiger partial charge in [0.25, 0.3) is 11.8 Å². The van der Waals surface area contributed by atoms with Crippen LogP contribution in [0.1, 0.15) is 65.9 Å². The summed E-state index contributed by atoms with van der Waals surface area (Å²) in [5.74, 6) is -0.541. The molecule has 8 nitrogen and oxygen atoms in total. The van der Waals surface area contributed by atoms with Crippen LogP contribution in [0.3, 0.4) is 0 Å². The molecule has 45 heavy (non-hydrogen) atoms. The maximum absolute atomic E-state index is 13.9. The maximum Gasteiger partial charge on any atom is 0.256 e. The van der Waals surface area contributed by atoms with Crippen molar-refractivity contribution >= 4 is 38.3 Å². The van der Waals surface area contributed by atoms with Gasteiger partial charge in [0.2, 0.25) is 10.0 Å². The summed E-state index contributed by atoms with van der Waals surface area (Å²) in [6, 6.07) is 28.0. The molecule has 2 amide bonds. The molecule has 4 aromatic rings. The van der Waals surface area contributed by atoms with E-state index in [0.717, 1.165) is 36.7 Å². The molecule has 1 N–H and O–H groups in total. The first-order valence-electron chi connectivity index (χ1n) is 15.8. The van der Waals surface area contributed by atoms with E-state index in [1.165, 1.54) is 34.1 Å². The monoisotopic (exact) mass is 626 g/mol. The van der Waals surface area contributed by atoms with Crippen LogP contribution in [0.4, 0.5) is 5.69 Å². The van der Waals surface area contributed by atoms with Crippen molar-refractivity contribution in [1.82, 2.24) is 14.1 Å². The summed E-state index contributed by atoms with van der Waals surface area (Å²) < 4.78 is 27.9. The predicted molar refractivity (Wildman–Crippen MR) is 180 cm³/mol. The van der Waals surface area contributed by atoms with E-state index < -0.39 is 15.9 Å². The first-order chi connectivity index (χ1) is 21.7. The zero-order valence-corrected chi connectivity index (χ0v) is 27.1. The summed E-state index contributed by atoms with van der Waals surface area (Å²) in [6.45, 7) is 9.64. The number of carbonyl (C=O) groups is 2. The number of amides is 2. The van der Waals surface area contributed by atoms with Gasteiger partial charge in [-0.2, -0.15) is 4.31 Å². The molecule has 9 heteroatoms. The van der Waals surface area contributed by atoms with Crippen molar-refractivity contribution in [3.05, 3.63) is 108 Å². The highest BCUT2D eigenvalue weighted by Gasteiger charge is 2.28. The van der Waals surface area contributed by atoms with Gasteiger partial charge in [0.1, 0.15) is 0 Å². The number of sulfonamides is 1. The summed E-state index contributed by atoms with van der Waals surface area (Å²) in [7, 11) is -3.66. The largest absolute Gasteiger partial charge is 0.336 e. The number of nitrogens with zero attached hydrogens (tertiary/aromatic N) is 3. The number of carbonyl (C=O) groups excluding carboxylic acids is 2. The highest BCUT2D eigenvalue weighted by atomic mass is 32.2. The van der Waals surface area contributed by atoms with E-state index in [0.29, 0.717) is 43.0 Å². The van der Waals surface area contributed by atoms with E-state index in [2.05, 4.69) is 29.3 Å². The molecule has 0 radical (unpaired) electrons. The first kappa shape index (κ1) is 32.3. The Morgan fingerprint density at radius 3 is 1.98 bits per heavy atom. The van der Waals surface area contributed by atoms with Crippen LogP contribution in [-0.2, 0) is 10.0 Å². The van der Waals surface area contributed by atoms with E-state index >= 15 is 0 Å². The third kappa shape index (κ3) is 7.27. The fourth-order valence-corrected chi connectivity index (χ4v) is 7.54. The van der Waals surface area contributed by atoms with Crippen molar-refractivity contribution in [3.8, 4) is 0 Å². The van der Waals surface area contributed by atoms with Crippen molar-refractivity contribution in [3.63, 3.8) is 0 Å². The number of piperazine rings is 1. The average Bonchev–Trinajstić information content (AvgIpc) is 3.07. The lowest BCUT2D eigenvalue weighted by Gasteiger charge is -2.38. The third-order valence-corrected chi connectivity index (χ3v) is 10.4. The second kappa shape index (κ2) is 14.4. The van der Waals surface area contributed by atoms with E-state index in [9.17, 15) is 18.0 Å². The Morgan fingerprint density at radius 2 is 1.38 bits per heavy atom. The summed E-state index contributed by atoms with van der Waals surface area (Å²) in [5, 5.41) is 4.77. The standard InChI is InChI=1S/C36H42N4O4S/c1-4-19-40(20-5-2)45(43,44)32-17-15-29(16-18-32)35(41)37-34-26-31-14-10-9-13-30(31)25-33(34)36(42)39-23-21-38(22-24-39)27(3)28-11-7-6-8-12-28/h6-18,25-27H,4-5,19-24H2,1-3H3,(H,37,41). The molecule has 0 aromatic heterocycles. The number of hydrogen-bond acceptors (Lipinski definition) is 5. The van der Waals surface area contributed by atoms with Gasteiger partial charge in [0.15, 0.2) is 0 Å². The molecular weight excluding hydrogens is 584 g/mol. The lowest BCUT2D eigenvalue weighted by molar-refractivity contribution is 0.0583. The third-order valence-electron chi connectivity index (χ3n) is 8.50. The van der Waals surface area contributed by atoms with Gasteiger partial charge in [-0.05, 0) is 72.5 Å². The van der Waals surface area contributed by atoms with Crippen molar-refractivity contribution in [2.45, 2.75) is 44.6 Å². The molecule has 0 spiro atoms. The predicted octanol–water partition coefficient (Wildman–Crippen LogP) is 6.42. The van der Waals surface area contributed by atoms with Gasteiger partial charge in [-0.1, -0.05) is 68.4 Å². The van der Waals surface area contributed by atoms with Crippen LogP contribution in [0, 0.1) is 0 Å². The lowest BCUT2D eigenvalue weighted by Crippen LogP contribution is -2.49. The number of hydrogen-bond donors (Lipinski definition) is 1. The van der Waals surface area contributed by atoms with Crippen LogP contribution in [0.15, 0.2) is 95.9 Å². The van der Waals surface area contributed by atoms with Gasteiger partial charge in [-0.3, -0.25) is 14.5 Å². The topological polar surface area (TPSA) is 90.0 Å². The van der Waals surface area contributed by atoms with Gasteiger partial charge in [-0.25, -0.2) is 8.42 Å². The van der Waals surface area contributed by atoms with Gasteiger partial charge >= 0.3 is 0 Å². The zero-order valence-electron chi connectivity index (χ0n) is 26.3. The fourth-order valence-electron chi connectivity index (χ4n) is 5.92. The molecule has 0 aliphatic carbocycles. The van der Waals surface area contributed by atoms with Crippen LogP contribution in [-0.4, -0.2) is 73.6 Å². The summed E-state index contributed by atoms with van der Waals surface area (Å²) in [4.78, 5) is 31.8. The minimum Gasteiger partial charge on any atom is -0.336 e. The molecule has 236 valence electrons. The fraction of sp³-hybridized carbons (Fsp3) is 0.333. The molecule has 4 aromatic carbocycles. The molecule has 1 unspecified atom stereocenters. The normalized spacial score (nSPS) is 14.9. The summed E-state index contributed by atoms with van der Waals surface area (Å²) in [6.07, 6.45) is 1.43. The minimum absolute atomic E-state index is 0.128. The second-order valence-corrected chi connectivity index (χ2v) is 13.5. The van der Waals surface area contributed by atoms with Crippen LogP contribution in [0.5, 0.6) is 0 Å². The number of rotatable bonds is 11. The van der Waals surface area contributed by atoms with Crippen LogP contribution < -0.4 is 5.32 Å². The smallest absolute Gasteiger partial charge is 0.256 e. The van der Waals surface area contributed by atoms with E-state index in [-0.39, 0.29) is 16.8 Å². The quantitative estimate of drug-likeness (QED) is 0.208. The zero-order chi connectivity index (χ0) is 32.0. The SMILES string of the molecule is CCCN(CCC)S(=O)(=O)c1ccc(C(=O)Nc2cc3ccccc3cc2C(=O)N2CCN(C(C)c3ccccc3)CC2)cc1. The summed E-state index contributed by atoms with van der Waals surface area (Å²) >= 11 is 0. The second-order valence-electron chi connectivity index (χ2n) is 11.5. The number of anilines is 1. The van der Waals surface area contributed by atoms with Crippen molar-refractivity contribution in [2.24, 2.45) is 0 Å². The van der Waals surface area contributed by atoms with Gasteiger partial charge in [0, 0.05) is 50.9 Å². The number of nitrogens with one attached hydrogen (secondary N) is 1. The number of benzene rings is 4. The van der Waals surface area contributed by atoms with Crippen LogP contribution in [0.2, 0.25) is 0 Å². The van der Waals surface area contributed by atoms with Crippen molar-refractivity contribution in [1.29, 1.82) is 0 Å². The van der Waals surface area contributed by atoms with Gasteiger partial charge < -0.3 is 10.2 Å². The molecule has 0 saturated carbocycles. The highest BCUT2D eigenvalue weighted by Crippen LogP contribution is 2.28. The van der Waals surface area contributed by atoms with Crippen molar-refractivity contribution in [2.75, 3.05) is 44.6 Å². The van der Waals surface area contributed by atoms with Crippen molar-refractivity contribution < 1.29 is 18.0 Å². The van der Waals surface area contributed by atoms with Gasteiger partial charge in [-0.15, -0.1) is 0 Å². The maximum atomic E-state index is 13.9. The molecule has 1 fully saturated rings.